The van der Waals surface area contributed by atoms with E-state index in [4.69, 9.17) is 9.84 Å². The molecule has 0 aromatic heterocycles. The van der Waals surface area contributed by atoms with E-state index in [1.807, 2.05) is 0 Å². The lowest BCUT2D eigenvalue weighted by atomic mass is 9.75. The van der Waals surface area contributed by atoms with E-state index in [-0.39, 0.29) is 31.3 Å². The van der Waals surface area contributed by atoms with Crippen molar-refractivity contribution in [2.24, 2.45) is 29.6 Å². The van der Waals surface area contributed by atoms with Crippen LogP contribution in [0.15, 0.2) is 0 Å². The second kappa shape index (κ2) is 11.4. The maximum Gasteiger partial charge on any atom is 0.391 e. The number of hydrogen-bond acceptors (Lipinski definition) is 5. The summed E-state index contributed by atoms with van der Waals surface area (Å²) in [4.78, 5) is 13.1. The third-order valence-corrected chi connectivity index (χ3v) is 9.02. The van der Waals surface area contributed by atoms with E-state index in [1.54, 1.807) is 0 Å². The van der Waals surface area contributed by atoms with E-state index in [9.17, 15) is 18.0 Å². The average Bonchev–Trinajstić information content (AvgIpc) is 2.81. The van der Waals surface area contributed by atoms with Gasteiger partial charge in [-0.3, -0.25) is 10.1 Å². The number of nitrogens with one attached hydrogen (secondary N) is 2. The van der Waals surface area contributed by atoms with Crippen molar-refractivity contribution < 1.29 is 27.8 Å². The number of likely N-dealkylation sites (tertiary alicyclic amines) is 1. The predicted molar refractivity (Wildman–Crippen MR) is 123 cm³/mol. The van der Waals surface area contributed by atoms with Gasteiger partial charge in [0.15, 0.2) is 0 Å². The van der Waals surface area contributed by atoms with Crippen molar-refractivity contribution in [1.29, 1.82) is 0 Å². The SMILES string of the molecule is CC1CCC(C(F)(F)F)CC1COC1CCC(C2NCC3CN(CCC(=O)O)CCC3N2)CC1. The Kier molecular flexibility index (Phi) is 8.80. The van der Waals surface area contributed by atoms with Gasteiger partial charge in [-0.1, -0.05) is 6.92 Å². The second-order valence-electron chi connectivity index (χ2n) is 11.3. The number of aliphatic carboxylic acids is 1. The molecule has 2 aliphatic heterocycles. The summed E-state index contributed by atoms with van der Waals surface area (Å²) in [7, 11) is 0. The van der Waals surface area contributed by atoms with Gasteiger partial charge in [0.2, 0.25) is 0 Å². The van der Waals surface area contributed by atoms with Crippen LogP contribution in [0.3, 0.4) is 0 Å². The van der Waals surface area contributed by atoms with Gasteiger partial charge in [-0.15, -0.1) is 0 Å². The molecule has 6 unspecified atom stereocenters. The molecule has 3 N–H and O–H groups in total. The summed E-state index contributed by atoms with van der Waals surface area (Å²) in [6.45, 7) is 6.02. The molecule has 2 heterocycles. The molecule has 9 heteroatoms. The molecule has 6 atom stereocenters. The van der Waals surface area contributed by atoms with Crippen molar-refractivity contribution in [1.82, 2.24) is 15.5 Å². The standard InChI is InChI=1S/C25H42F3N3O3/c1-16-2-5-20(25(26,27)28)12-18(16)15-34-21-6-3-17(4-7-21)24-29-13-19-14-31(11-9-23(32)33)10-8-22(19)30-24/h16-22,24,29-30H,2-15H2,1H3,(H,32,33). The first-order valence-electron chi connectivity index (χ1n) is 13.3. The fourth-order valence-electron chi connectivity index (χ4n) is 6.65. The molecule has 0 bridgehead atoms. The van der Waals surface area contributed by atoms with E-state index in [2.05, 4.69) is 22.5 Å². The first kappa shape index (κ1) is 26.2. The zero-order valence-electron chi connectivity index (χ0n) is 20.4. The lowest BCUT2D eigenvalue weighted by Gasteiger charge is -2.47. The molecule has 0 radical (unpaired) electrons. The minimum Gasteiger partial charge on any atom is -0.481 e. The quantitative estimate of drug-likeness (QED) is 0.504. The number of hydrogen-bond donors (Lipinski definition) is 3. The van der Waals surface area contributed by atoms with Crippen molar-refractivity contribution in [2.75, 3.05) is 32.8 Å². The van der Waals surface area contributed by atoms with Crippen LogP contribution >= 0.6 is 0 Å². The normalized spacial score (nSPS) is 40.0. The van der Waals surface area contributed by atoms with Crippen LogP contribution in [0.2, 0.25) is 0 Å². The minimum atomic E-state index is -4.08. The first-order chi connectivity index (χ1) is 16.2. The molecule has 4 fully saturated rings. The van der Waals surface area contributed by atoms with Crippen LogP contribution in [0.5, 0.6) is 0 Å². The van der Waals surface area contributed by atoms with Gasteiger partial charge in [0.25, 0.3) is 0 Å². The highest BCUT2D eigenvalue weighted by atomic mass is 19.4. The van der Waals surface area contributed by atoms with Crippen molar-refractivity contribution in [3.8, 4) is 0 Å². The van der Waals surface area contributed by atoms with Crippen LogP contribution in [0, 0.1) is 29.6 Å². The first-order valence-corrected chi connectivity index (χ1v) is 13.3. The number of carbonyl (C=O) groups is 1. The molecule has 2 aliphatic carbocycles. The Morgan fingerprint density at radius 3 is 2.56 bits per heavy atom. The van der Waals surface area contributed by atoms with Gasteiger partial charge < -0.3 is 20.1 Å². The maximum atomic E-state index is 13.2. The number of ether oxygens (including phenoxy) is 1. The Hall–Kier alpha value is -0.900. The van der Waals surface area contributed by atoms with E-state index in [0.29, 0.717) is 49.5 Å². The highest BCUT2D eigenvalue weighted by Gasteiger charge is 2.44. The molecule has 196 valence electrons. The lowest BCUT2D eigenvalue weighted by molar-refractivity contribution is -0.191. The zero-order valence-corrected chi connectivity index (χ0v) is 20.4. The van der Waals surface area contributed by atoms with Crippen molar-refractivity contribution in [3.05, 3.63) is 0 Å². The Labute approximate surface area is 201 Å². The number of carboxylic acids is 1. The number of alkyl halides is 3. The summed E-state index contributed by atoms with van der Waals surface area (Å²) >= 11 is 0. The molecular formula is C25H42F3N3O3. The molecule has 4 aliphatic rings. The van der Waals surface area contributed by atoms with Crippen LogP contribution in [-0.4, -0.2) is 73.2 Å². The Bertz CT molecular complexity index is 672. The summed E-state index contributed by atoms with van der Waals surface area (Å²) in [5, 5.41) is 16.5. The number of rotatable bonds is 7. The molecule has 34 heavy (non-hydrogen) atoms. The summed E-state index contributed by atoms with van der Waals surface area (Å²) in [5.74, 6) is -0.526. The molecular weight excluding hydrogens is 447 g/mol. The third-order valence-electron chi connectivity index (χ3n) is 9.02. The summed E-state index contributed by atoms with van der Waals surface area (Å²) in [6, 6.07) is 0.482. The third kappa shape index (κ3) is 6.86. The van der Waals surface area contributed by atoms with E-state index < -0.39 is 18.1 Å². The molecule has 6 nitrogen and oxygen atoms in total. The van der Waals surface area contributed by atoms with Gasteiger partial charge in [-0.05, 0) is 81.6 Å². The number of nitrogens with zero attached hydrogens (tertiary/aromatic N) is 1. The Morgan fingerprint density at radius 2 is 1.85 bits per heavy atom. The number of fused-ring (bicyclic) bond motifs is 1. The molecule has 2 saturated carbocycles. The van der Waals surface area contributed by atoms with Crippen LogP contribution in [0.1, 0.15) is 64.7 Å². The highest BCUT2D eigenvalue weighted by molar-refractivity contribution is 5.66. The van der Waals surface area contributed by atoms with E-state index in [1.165, 1.54) is 0 Å². The van der Waals surface area contributed by atoms with Crippen LogP contribution in [-0.2, 0) is 9.53 Å². The summed E-state index contributed by atoms with van der Waals surface area (Å²) in [5.41, 5.74) is 0. The summed E-state index contributed by atoms with van der Waals surface area (Å²) < 4.78 is 45.7. The monoisotopic (exact) mass is 489 g/mol. The van der Waals surface area contributed by atoms with E-state index >= 15 is 0 Å². The molecule has 4 rings (SSSR count). The molecule has 0 aromatic rings. The molecule has 0 aromatic carbocycles. The van der Waals surface area contributed by atoms with Crippen LogP contribution in [0.25, 0.3) is 0 Å². The van der Waals surface area contributed by atoms with Crippen molar-refractivity contribution >= 4 is 5.97 Å². The fourth-order valence-corrected chi connectivity index (χ4v) is 6.65. The number of halogens is 3. The van der Waals surface area contributed by atoms with Gasteiger partial charge in [0, 0.05) is 25.7 Å². The summed E-state index contributed by atoms with van der Waals surface area (Å²) in [6.07, 6.45) is 2.87. The number of carboxylic acid groups (broad SMARTS) is 1. The van der Waals surface area contributed by atoms with Crippen molar-refractivity contribution in [3.63, 3.8) is 0 Å². The van der Waals surface area contributed by atoms with Crippen LogP contribution in [0.4, 0.5) is 13.2 Å². The largest absolute Gasteiger partial charge is 0.481 e. The highest BCUT2D eigenvalue weighted by Crippen LogP contribution is 2.42. The topological polar surface area (TPSA) is 73.8 Å². The van der Waals surface area contributed by atoms with Gasteiger partial charge in [0.1, 0.15) is 0 Å². The number of piperidine rings is 1. The predicted octanol–water partition coefficient (Wildman–Crippen LogP) is 3.86. The molecule has 0 amide bonds. The second-order valence-corrected chi connectivity index (χ2v) is 11.3. The van der Waals surface area contributed by atoms with Crippen LogP contribution < -0.4 is 10.6 Å². The minimum absolute atomic E-state index is 0.0121. The van der Waals surface area contributed by atoms with Gasteiger partial charge in [0.05, 0.1) is 31.2 Å². The van der Waals surface area contributed by atoms with E-state index in [0.717, 1.165) is 51.7 Å². The Morgan fingerprint density at radius 1 is 1.09 bits per heavy atom. The van der Waals surface area contributed by atoms with Gasteiger partial charge in [-0.2, -0.15) is 13.2 Å². The lowest BCUT2D eigenvalue weighted by Crippen LogP contribution is -2.65. The average molecular weight is 490 g/mol. The molecule has 2 saturated heterocycles. The maximum absolute atomic E-state index is 13.2. The smallest absolute Gasteiger partial charge is 0.391 e. The van der Waals surface area contributed by atoms with Crippen molar-refractivity contribution in [2.45, 2.75) is 89.2 Å². The fraction of sp³-hybridized carbons (Fsp3) is 0.960. The molecule has 0 spiro atoms. The Balaban J connectivity index is 1.16. The van der Waals surface area contributed by atoms with Gasteiger partial charge in [-0.25, -0.2) is 0 Å². The van der Waals surface area contributed by atoms with Gasteiger partial charge >= 0.3 is 12.1 Å². The zero-order chi connectivity index (χ0) is 24.3.